The number of anilines is 2. The average molecular weight is 290 g/mol. The van der Waals surface area contributed by atoms with Crippen LogP contribution in [0.2, 0.25) is 0 Å². The molecule has 0 fully saturated rings. The number of carbonyl (C=O) groups is 2. The largest absolute Gasteiger partial charge is 0.331 e. The lowest BCUT2D eigenvalue weighted by atomic mass is 10.5. The quantitative estimate of drug-likeness (QED) is 0.805. The van der Waals surface area contributed by atoms with Crippen molar-refractivity contribution in [3.8, 4) is 0 Å². The van der Waals surface area contributed by atoms with Crippen LogP contribution in [0.15, 0.2) is 24.8 Å². The molecule has 110 valence electrons. The minimum absolute atomic E-state index is 0.0468. The zero-order chi connectivity index (χ0) is 15.2. The van der Waals surface area contributed by atoms with E-state index in [0.29, 0.717) is 5.82 Å². The van der Waals surface area contributed by atoms with Gasteiger partial charge in [-0.3, -0.25) is 10.1 Å². The van der Waals surface area contributed by atoms with Crippen molar-refractivity contribution in [2.45, 2.75) is 6.54 Å². The second-order valence-corrected chi connectivity index (χ2v) is 4.27. The normalized spacial score (nSPS) is 10.0. The summed E-state index contributed by atoms with van der Waals surface area (Å²) >= 11 is 0. The number of aromatic nitrogens is 5. The fourth-order valence-corrected chi connectivity index (χ4v) is 1.35. The number of amides is 3. The Hall–Kier alpha value is -3.04. The van der Waals surface area contributed by atoms with Crippen molar-refractivity contribution in [2.24, 2.45) is 0 Å². The molecule has 0 spiro atoms. The van der Waals surface area contributed by atoms with E-state index in [0.717, 1.165) is 0 Å². The monoisotopic (exact) mass is 290 g/mol. The summed E-state index contributed by atoms with van der Waals surface area (Å²) in [7, 11) is 3.21. The third-order valence-corrected chi connectivity index (χ3v) is 2.33. The van der Waals surface area contributed by atoms with Crippen LogP contribution < -0.4 is 10.6 Å². The zero-order valence-corrected chi connectivity index (χ0v) is 11.5. The fraction of sp³-hybridized carbons (Fsp3) is 0.273. The van der Waals surface area contributed by atoms with E-state index in [1.165, 1.54) is 28.3 Å². The molecule has 0 atom stereocenters. The Bertz CT molecular complexity index is 624. The Morgan fingerprint density at radius 3 is 2.76 bits per heavy atom. The molecule has 10 nitrogen and oxygen atoms in total. The van der Waals surface area contributed by atoms with E-state index < -0.39 is 0 Å². The smallest absolute Gasteiger partial charge is 0.322 e. The van der Waals surface area contributed by atoms with Gasteiger partial charge in [0.1, 0.15) is 18.7 Å². The Morgan fingerprint density at radius 2 is 2.10 bits per heavy atom. The minimum atomic E-state index is -0.326. The number of nitrogens with one attached hydrogen (secondary N) is 2. The summed E-state index contributed by atoms with van der Waals surface area (Å²) < 4.78 is 1.31. The van der Waals surface area contributed by atoms with Gasteiger partial charge in [-0.05, 0) is 6.07 Å². The van der Waals surface area contributed by atoms with Gasteiger partial charge >= 0.3 is 6.03 Å². The Balaban J connectivity index is 1.90. The fourth-order valence-electron chi connectivity index (χ4n) is 1.35. The highest BCUT2D eigenvalue weighted by molar-refractivity contribution is 5.89. The Kier molecular flexibility index (Phi) is 4.39. The van der Waals surface area contributed by atoms with Gasteiger partial charge in [-0.1, -0.05) is 5.21 Å². The zero-order valence-electron chi connectivity index (χ0n) is 11.5. The summed E-state index contributed by atoms with van der Waals surface area (Å²) in [4.78, 5) is 32.2. The highest BCUT2D eigenvalue weighted by atomic mass is 16.2. The third kappa shape index (κ3) is 4.23. The maximum Gasteiger partial charge on any atom is 0.322 e. The van der Waals surface area contributed by atoms with Gasteiger partial charge in [0.15, 0.2) is 5.82 Å². The number of hydrogen-bond acceptors (Lipinski definition) is 6. The lowest BCUT2D eigenvalue weighted by Crippen LogP contribution is -2.27. The molecule has 0 aromatic carbocycles. The molecule has 21 heavy (non-hydrogen) atoms. The van der Waals surface area contributed by atoms with Gasteiger partial charge in [-0.15, -0.1) is 5.10 Å². The molecule has 10 heteroatoms. The van der Waals surface area contributed by atoms with Gasteiger partial charge in [-0.2, -0.15) is 0 Å². The van der Waals surface area contributed by atoms with Crippen LogP contribution in [-0.4, -0.2) is 55.9 Å². The predicted molar refractivity (Wildman–Crippen MR) is 73.4 cm³/mol. The number of rotatable bonds is 4. The van der Waals surface area contributed by atoms with Crippen LogP contribution in [0.3, 0.4) is 0 Å². The van der Waals surface area contributed by atoms with Crippen LogP contribution in [0.4, 0.5) is 16.4 Å². The van der Waals surface area contributed by atoms with Crippen molar-refractivity contribution in [1.29, 1.82) is 0 Å². The van der Waals surface area contributed by atoms with E-state index in [1.807, 2.05) is 0 Å². The van der Waals surface area contributed by atoms with Crippen LogP contribution in [-0.2, 0) is 11.3 Å². The summed E-state index contributed by atoms with van der Waals surface area (Å²) in [6, 6.07) is 1.25. The molecular formula is C11H14N8O2. The first-order valence-corrected chi connectivity index (χ1v) is 5.99. The van der Waals surface area contributed by atoms with Crippen LogP contribution in [0.1, 0.15) is 0 Å². The van der Waals surface area contributed by atoms with E-state index in [9.17, 15) is 9.59 Å². The molecule has 2 heterocycles. The maximum absolute atomic E-state index is 11.8. The average Bonchev–Trinajstić information content (AvgIpc) is 2.86. The molecule has 0 saturated heterocycles. The molecule has 0 bridgehead atoms. The molecule has 0 unspecified atom stereocenters. The van der Waals surface area contributed by atoms with Crippen LogP contribution >= 0.6 is 0 Å². The third-order valence-electron chi connectivity index (χ3n) is 2.33. The summed E-state index contributed by atoms with van der Waals surface area (Å²) in [6.07, 6.45) is 4.31. The first-order chi connectivity index (χ1) is 10.0. The SMILES string of the molecule is CN(C)C(=O)Nc1cn(CC(=O)Nc2ccncn2)nn1. The highest BCUT2D eigenvalue weighted by Gasteiger charge is 2.10. The standard InChI is InChI=1S/C11H14N8O2/c1-18(2)11(21)15-9-5-19(17-16-9)6-10(20)14-8-3-4-12-7-13-8/h3-5,7H,6H2,1-2H3,(H,15,21)(H,12,13,14,20). The first kappa shape index (κ1) is 14.4. The maximum atomic E-state index is 11.8. The minimum Gasteiger partial charge on any atom is -0.331 e. The van der Waals surface area contributed by atoms with Crippen LogP contribution in [0, 0.1) is 0 Å². The van der Waals surface area contributed by atoms with E-state index in [1.54, 1.807) is 20.2 Å². The van der Waals surface area contributed by atoms with Gasteiger partial charge in [0.2, 0.25) is 5.91 Å². The number of nitrogens with zero attached hydrogens (tertiary/aromatic N) is 6. The lowest BCUT2D eigenvalue weighted by molar-refractivity contribution is -0.116. The molecule has 0 saturated carbocycles. The number of hydrogen-bond donors (Lipinski definition) is 2. The van der Waals surface area contributed by atoms with Crippen LogP contribution in [0.5, 0.6) is 0 Å². The molecule has 2 aromatic rings. The van der Waals surface area contributed by atoms with Gasteiger partial charge in [0, 0.05) is 20.3 Å². The van der Waals surface area contributed by atoms with Crippen LogP contribution in [0.25, 0.3) is 0 Å². The van der Waals surface area contributed by atoms with E-state index in [-0.39, 0.29) is 24.3 Å². The summed E-state index contributed by atoms with van der Waals surface area (Å²) in [5.41, 5.74) is 0. The molecule has 2 aromatic heterocycles. The highest BCUT2D eigenvalue weighted by Crippen LogP contribution is 2.02. The summed E-state index contributed by atoms with van der Waals surface area (Å²) in [5, 5.41) is 12.6. The molecule has 0 aliphatic carbocycles. The summed E-state index contributed by atoms with van der Waals surface area (Å²) in [5.74, 6) is 0.351. The second-order valence-electron chi connectivity index (χ2n) is 4.27. The number of urea groups is 1. The van der Waals surface area contributed by atoms with E-state index in [4.69, 9.17) is 0 Å². The molecule has 2 rings (SSSR count). The first-order valence-electron chi connectivity index (χ1n) is 5.99. The van der Waals surface area contributed by atoms with E-state index >= 15 is 0 Å². The molecule has 3 amide bonds. The predicted octanol–water partition coefficient (Wildman–Crippen LogP) is -0.200. The topological polar surface area (TPSA) is 118 Å². The molecular weight excluding hydrogens is 276 g/mol. The van der Waals surface area contributed by atoms with Crippen molar-refractivity contribution in [1.82, 2.24) is 29.9 Å². The molecule has 2 N–H and O–H groups in total. The Morgan fingerprint density at radius 1 is 1.29 bits per heavy atom. The van der Waals surface area contributed by atoms with Gasteiger partial charge in [-0.25, -0.2) is 19.4 Å². The van der Waals surface area contributed by atoms with Crippen molar-refractivity contribution in [3.05, 3.63) is 24.8 Å². The summed E-state index contributed by atoms with van der Waals surface area (Å²) in [6.45, 7) is -0.0468. The van der Waals surface area contributed by atoms with Crippen molar-refractivity contribution < 1.29 is 9.59 Å². The number of carbonyl (C=O) groups excluding carboxylic acids is 2. The Labute approximate surface area is 120 Å². The molecule has 0 aliphatic rings. The molecule has 0 radical (unpaired) electrons. The second kappa shape index (κ2) is 6.41. The van der Waals surface area contributed by atoms with Crippen molar-refractivity contribution in [2.75, 3.05) is 24.7 Å². The molecule has 0 aliphatic heterocycles. The van der Waals surface area contributed by atoms with E-state index in [2.05, 4.69) is 30.9 Å². The van der Waals surface area contributed by atoms with Crippen molar-refractivity contribution >= 4 is 23.6 Å². The van der Waals surface area contributed by atoms with Crippen molar-refractivity contribution in [3.63, 3.8) is 0 Å². The van der Waals surface area contributed by atoms with Gasteiger partial charge in [0.05, 0.1) is 6.20 Å². The van der Waals surface area contributed by atoms with Gasteiger partial charge < -0.3 is 10.2 Å². The van der Waals surface area contributed by atoms with Gasteiger partial charge in [0.25, 0.3) is 0 Å². The lowest BCUT2D eigenvalue weighted by Gasteiger charge is -2.09.